The second-order valence-electron chi connectivity index (χ2n) is 6.54. The molecule has 1 saturated heterocycles. The first-order valence-electron chi connectivity index (χ1n) is 8.90. The van der Waals surface area contributed by atoms with Gasteiger partial charge in [-0.1, -0.05) is 30.0 Å². The zero-order valence-corrected chi connectivity index (χ0v) is 15.6. The number of anilines is 1. The number of morpholine rings is 1. The van der Waals surface area contributed by atoms with Crippen LogP contribution in [0.1, 0.15) is 5.56 Å². The number of thioether (sulfide) groups is 1. The van der Waals surface area contributed by atoms with Gasteiger partial charge in [0, 0.05) is 36.7 Å². The Morgan fingerprint density at radius 2 is 1.86 bits per heavy atom. The van der Waals surface area contributed by atoms with Gasteiger partial charge < -0.3 is 24.1 Å². The van der Waals surface area contributed by atoms with Crippen molar-refractivity contribution in [1.82, 2.24) is 9.97 Å². The Balaban J connectivity index is 1.35. The Kier molecular flexibility index (Phi) is 4.28. The van der Waals surface area contributed by atoms with Crippen LogP contribution in [0.3, 0.4) is 0 Å². The molecule has 1 N–H and O–H groups in total. The largest absolute Gasteiger partial charge is 0.586 e. The third kappa shape index (κ3) is 3.35. The summed E-state index contributed by atoms with van der Waals surface area (Å²) in [5.41, 5.74) is 3.61. The van der Waals surface area contributed by atoms with E-state index >= 15 is 0 Å². The highest BCUT2D eigenvalue weighted by Crippen LogP contribution is 2.43. The van der Waals surface area contributed by atoms with E-state index in [0.717, 1.165) is 32.1 Å². The van der Waals surface area contributed by atoms with Crippen molar-refractivity contribution in [3.05, 3.63) is 42.0 Å². The van der Waals surface area contributed by atoms with Gasteiger partial charge in [0.05, 0.1) is 24.2 Å². The predicted octanol–water partition coefficient (Wildman–Crippen LogP) is 4.01. The molecular weight excluding hydrogens is 388 g/mol. The molecule has 5 rings (SSSR count). The fourth-order valence-corrected chi connectivity index (χ4v) is 4.27. The summed E-state index contributed by atoms with van der Waals surface area (Å²) in [7, 11) is 0. The van der Waals surface area contributed by atoms with Gasteiger partial charge in [-0.2, -0.15) is 0 Å². The van der Waals surface area contributed by atoms with Gasteiger partial charge in [-0.25, -0.2) is 4.98 Å². The number of benzene rings is 2. The number of alkyl halides is 2. The van der Waals surface area contributed by atoms with Gasteiger partial charge in [0.1, 0.15) is 0 Å². The molecule has 0 atom stereocenters. The van der Waals surface area contributed by atoms with E-state index in [0.29, 0.717) is 16.2 Å². The predicted molar refractivity (Wildman–Crippen MR) is 101 cm³/mol. The van der Waals surface area contributed by atoms with Gasteiger partial charge in [0.25, 0.3) is 0 Å². The first kappa shape index (κ1) is 17.6. The molecule has 0 bridgehead atoms. The molecular formula is C19H17F2N3O3S. The molecule has 2 aliphatic heterocycles. The fraction of sp³-hybridized carbons (Fsp3) is 0.316. The van der Waals surface area contributed by atoms with E-state index in [2.05, 4.69) is 36.5 Å². The summed E-state index contributed by atoms with van der Waals surface area (Å²) < 4.78 is 40.8. The first-order valence-corrected chi connectivity index (χ1v) is 9.89. The molecule has 1 aromatic heterocycles. The first-order chi connectivity index (χ1) is 13.6. The Morgan fingerprint density at radius 3 is 2.68 bits per heavy atom. The van der Waals surface area contributed by atoms with Crippen molar-refractivity contribution >= 4 is 28.5 Å². The summed E-state index contributed by atoms with van der Waals surface area (Å²) in [5, 5.41) is 0.710. The van der Waals surface area contributed by atoms with Crippen LogP contribution in [0.25, 0.3) is 11.0 Å². The number of ether oxygens (including phenoxy) is 3. The Morgan fingerprint density at radius 1 is 1.11 bits per heavy atom. The molecule has 3 heterocycles. The van der Waals surface area contributed by atoms with Crippen molar-refractivity contribution in [3.63, 3.8) is 0 Å². The molecule has 0 unspecified atom stereocenters. The Labute approximate surface area is 163 Å². The van der Waals surface area contributed by atoms with E-state index in [9.17, 15) is 8.78 Å². The number of nitrogens with zero attached hydrogens (tertiary/aromatic N) is 2. The highest BCUT2D eigenvalue weighted by Gasteiger charge is 2.43. The average molecular weight is 405 g/mol. The van der Waals surface area contributed by atoms with Crippen LogP contribution < -0.4 is 14.4 Å². The lowest BCUT2D eigenvalue weighted by Gasteiger charge is -2.30. The third-order valence-electron chi connectivity index (χ3n) is 4.69. The second-order valence-corrected chi connectivity index (χ2v) is 7.51. The number of fused-ring (bicyclic) bond motifs is 2. The molecule has 9 heteroatoms. The molecule has 0 radical (unpaired) electrons. The summed E-state index contributed by atoms with van der Waals surface area (Å²) in [5.74, 6) is 0.742. The van der Waals surface area contributed by atoms with Crippen LogP contribution >= 0.6 is 11.8 Å². The van der Waals surface area contributed by atoms with Crippen molar-refractivity contribution < 1.29 is 23.0 Å². The minimum atomic E-state index is -3.62. The van der Waals surface area contributed by atoms with Crippen LogP contribution in [-0.4, -0.2) is 42.6 Å². The van der Waals surface area contributed by atoms with Crippen LogP contribution in [0.2, 0.25) is 0 Å². The number of aromatic amines is 1. The minimum absolute atomic E-state index is 0.00165. The summed E-state index contributed by atoms with van der Waals surface area (Å²) in [6, 6.07) is 11.3. The van der Waals surface area contributed by atoms with Crippen LogP contribution in [0.5, 0.6) is 11.5 Å². The van der Waals surface area contributed by atoms with E-state index in [1.54, 1.807) is 11.8 Å². The number of aromatic nitrogens is 2. The van der Waals surface area contributed by atoms with E-state index in [1.807, 2.05) is 12.1 Å². The average Bonchev–Trinajstić information content (AvgIpc) is 3.22. The summed E-state index contributed by atoms with van der Waals surface area (Å²) >= 11 is 1.56. The lowest BCUT2D eigenvalue weighted by molar-refractivity contribution is -0.286. The molecule has 3 aromatic rings. The summed E-state index contributed by atoms with van der Waals surface area (Å²) in [6.45, 7) is 3.23. The monoisotopic (exact) mass is 405 g/mol. The minimum Gasteiger partial charge on any atom is -0.395 e. The quantitative estimate of drug-likeness (QED) is 0.662. The van der Waals surface area contributed by atoms with Crippen LogP contribution in [0, 0.1) is 0 Å². The van der Waals surface area contributed by atoms with Gasteiger partial charge in [-0.15, -0.1) is 8.78 Å². The van der Waals surface area contributed by atoms with Gasteiger partial charge >= 0.3 is 6.29 Å². The molecule has 0 spiro atoms. The SMILES string of the molecule is FC1(F)Oc2cc3nc(SCc4ccccc4N4CCOCC4)[nH]c3cc2O1. The maximum absolute atomic E-state index is 13.2. The number of imidazole rings is 1. The lowest BCUT2D eigenvalue weighted by Crippen LogP contribution is -2.36. The van der Waals surface area contributed by atoms with Gasteiger partial charge in [-0.3, -0.25) is 0 Å². The van der Waals surface area contributed by atoms with Gasteiger partial charge in [0.2, 0.25) is 0 Å². The number of H-pyrrole nitrogens is 1. The molecule has 28 heavy (non-hydrogen) atoms. The molecule has 0 saturated carbocycles. The summed E-state index contributed by atoms with van der Waals surface area (Å²) in [4.78, 5) is 9.98. The molecule has 1 fully saturated rings. The smallest absolute Gasteiger partial charge is 0.395 e. The molecule has 6 nitrogen and oxygen atoms in total. The standard InChI is InChI=1S/C19H17F2N3O3S/c20-19(21)26-16-9-13-14(10-17(16)27-19)23-18(22-13)28-11-12-3-1-2-4-15(12)24-5-7-25-8-6-24/h1-4,9-10H,5-8,11H2,(H,22,23). The van der Waals surface area contributed by atoms with Crippen molar-refractivity contribution in [3.8, 4) is 11.5 Å². The van der Waals surface area contributed by atoms with E-state index in [-0.39, 0.29) is 11.5 Å². The van der Waals surface area contributed by atoms with Crippen molar-refractivity contribution in [2.45, 2.75) is 17.2 Å². The maximum atomic E-state index is 13.2. The number of nitrogens with one attached hydrogen (secondary N) is 1. The van der Waals surface area contributed by atoms with Gasteiger partial charge in [-0.05, 0) is 11.6 Å². The molecule has 2 aliphatic rings. The molecule has 0 aliphatic carbocycles. The Bertz CT molecular complexity index is 976. The molecule has 2 aromatic carbocycles. The van der Waals surface area contributed by atoms with E-state index < -0.39 is 6.29 Å². The van der Waals surface area contributed by atoms with Crippen molar-refractivity contribution in [1.29, 1.82) is 0 Å². The number of halogens is 2. The summed E-state index contributed by atoms with van der Waals surface area (Å²) in [6.07, 6.45) is -3.62. The Hall–Kier alpha value is -2.52. The number of hydrogen-bond donors (Lipinski definition) is 1. The highest BCUT2D eigenvalue weighted by molar-refractivity contribution is 7.98. The van der Waals surface area contributed by atoms with Crippen LogP contribution in [0.4, 0.5) is 14.5 Å². The highest BCUT2D eigenvalue weighted by atomic mass is 32.2. The number of para-hydroxylation sites is 1. The molecule has 0 amide bonds. The third-order valence-corrected chi connectivity index (χ3v) is 5.61. The normalized spacial score (nSPS) is 18.0. The van der Waals surface area contributed by atoms with Crippen LogP contribution in [0.15, 0.2) is 41.6 Å². The lowest BCUT2D eigenvalue weighted by atomic mass is 10.1. The van der Waals surface area contributed by atoms with E-state index in [1.165, 1.54) is 23.4 Å². The van der Waals surface area contributed by atoms with Crippen LogP contribution in [-0.2, 0) is 10.5 Å². The second kappa shape index (κ2) is 6.82. The van der Waals surface area contributed by atoms with Crippen molar-refractivity contribution in [2.24, 2.45) is 0 Å². The number of rotatable bonds is 4. The van der Waals surface area contributed by atoms with E-state index in [4.69, 9.17) is 4.74 Å². The topological polar surface area (TPSA) is 59.6 Å². The zero-order valence-electron chi connectivity index (χ0n) is 14.8. The van der Waals surface area contributed by atoms with Gasteiger partial charge in [0.15, 0.2) is 16.7 Å². The van der Waals surface area contributed by atoms with Crippen molar-refractivity contribution in [2.75, 3.05) is 31.2 Å². The number of hydrogen-bond acceptors (Lipinski definition) is 6. The zero-order chi connectivity index (χ0) is 19.1. The molecule has 146 valence electrons. The fourth-order valence-electron chi connectivity index (χ4n) is 3.39. The maximum Gasteiger partial charge on any atom is 0.586 e.